The van der Waals surface area contributed by atoms with Crippen molar-refractivity contribution >= 4 is 5.97 Å². The molecule has 92 valence electrons. The number of hydrogen-bond donors (Lipinski definition) is 1. The second-order valence-corrected chi connectivity index (χ2v) is 5.11. The van der Waals surface area contributed by atoms with E-state index in [1.165, 1.54) is 0 Å². The van der Waals surface area contributed by atoms with Gasteiger partial charge in [0.1, 0.15) is 0 Å². The fourth-order valence-electron chi connectivity index (χ4n) is 2.87. The molecule has 0 amide bonds. The van der Waals surface area contributed by atoms with Gasteiger partial charge in [-0.3, -0.25) is 4.79 Å². The van der Waals surface area contributed by atoms with Crippen LogP contribution in [0.3, 0.4) is 0 Å². The van der Waals surface area contributed by atoms with Crippen LogP contribution in [0.15, 0.2) is 0 Å². The Morgan fingerprint density at radius 3 is 2.75 bits per heavy atom. The van der Waals surface area contributed by atoms with E-state index in [1.54, 1.807) is 6.92 Å². The summed E-state index contributed by atoms with van der Waals surface area (Å²) in [5, 5.41) is 9.23. The maximum atomic E-state index is 11.6. The number of rotatable bonds is 2. The third kappa shape index (κ3) is 2.55. The van der Waals surface area contributed by atoms with Gasteiger partial charge in [0.15, 0.2) is 6.29 Å². The molecule has 2 heterocycles. The molecule has 16 heavy (non-hydrogen) atoms. The Labute approximate surface area is 95.9 Å². The van der Waals surface area contributed by atoms with Crippen molar-refractivity contribution in [3.05, 3.63) is 0 Å². The van der Waals surface area contributed by atoms with E-state index >= 15 is 0 Å². The van der Waals surface area contributed by atoms with Crippen molar-refractivity contribution in [3.8, 4) is 0 Å². The monoisotopic (exact) mass is 228 g/mol. The van der Waals surface area contributed by atoms with Crippen LogP contribution in [0.5, 0.6) is 0 Å². The number of aliphatic hydroxyl groups is 1. The molecule has 0 spiro atoms. The van der Waals surface area contributed by atoms with E-state index in [-0.39, 0.29) is 11.9 Å². The Kier molecular flexibility index (Phi) is 3.50. The lowest BCUT2D eigenvalue weighted by Gasteiger charge is -2.40. The molecule has 5 atom stereocenters. The normalized spacial score (nSPS) is 41.1. The molecule has 0 radical (unpaired) electrons. The van der Waals surface area contributed by atoms with Gasteiger partial charge in [-0.15, -0.1) is 0 Å². The van der Waals surface area contributed by atoms with Crippen molar-refractivity contribution in [2.24, 2.45) is 17.8 Å². The second-order valence-electron chi connectivity index (χ2n) is 5.11. The van der Waals surface area contributed by atoms with Gasteiger partial charge in [-0.25, -0.2) is 0 Å². The fourth-order valence-corrected chi connectivity index (χ4v) is 2.87. The first kappa shape index (κ1) is 11.9. The van der Waals surface area contributed by atoms with E-state index in [2.05, 4.69) is 6.92 Å². The smallest absolute Gasteiger partial charge is 0.308 e. The number of carbonyl (C=O) groups excluding carboxylic acids is 1. The first-order valence-corrected chi connectivity index (χ1v) is 6.09. The average molecular weight is 228 g/mol. The zero-order valence-electron chi connectivity index (χ0n) is 9.89. The predicted octanol–water partition coefficient (Wildman–Crippen LogP) is 1.67. The number of esters is 1. The lowest BCUT2D eigenvalue weighted by atomic mass is 9.72. The minimum absolute atomic E-state index is 0.188. The van der Waals surface area contributed by atoms with Gasteiger partial charge in [0, 0.05) is 12.3 Å². The van der Waals surface area contributed by atoms with Gasteiger partial charge in [0.2, 0.25) is 6.29 Å². The molecule has 1 aliphatic carbocycles. The van der Waals surface area contributed by atoms with Gasteiger partial charge in [-0.2, -0.15) is 0 Å². The topological polar surface area (TPSA) is 55.8 Å². The molecule has 4 nitrogen and oxygen atoms in total. The van der Waals surface area contributed by atoms with Crippen molar-refractivity contribution in [1.29, 1.82) is 0 Å². The van der Waals surface area contributed by atoms with Crippen molar-refractivity contribution in [1.82, 2.24) is 0 Å². The molecule has 3 rings (SSSR count). The lowest BCUT2D eigenvalue weighted by Crippen LogP contribution is -2.41. The minimum atomic E-state index is -0.884. The molecule has 2 aliphatic heterocycles. The first-order valence-electron chi connectivity index (χ1n) is 6.09. The quantitative estimate of drug-likeness (QED) is 0.577. The minimum Gasteiger partial charge on any atom is -0.435 e. The van der Waals surface area contributed by atoms with Gasteiger partial charge in [-0.1, -0.05) is 6.92 Å². The van der Waals surface area contributed by atoms with E-state index in [0.717, 1.165) is 19.3 Å². The van der Waals surface area contributed by atoms with Gasteiger partial charge in [-0.05, 0) is 38.0 Å². The summed E-state index contributed by atoms with van der Waals surface area (Å²) >= 11 is 0. The maximum Gasteiger partial charge on any atom is 0.308 e. The Bertz CT molecular complexity index is 264. The van der Waals surface area contributed by atoms with Gasteiger partial charge in [0.05, 0.1) is 0 Å². The van der Waals surface area contributed by atoms with E-state index in [0.29, 0.717) is 18.3 Å². The van der Waals surface area contributed by atoms with Crippen molar-refractivity contribution in [3.63, 3.8) is 0 Å². The summed E-state index contributed by atoms with van der Waals surface area (Å²) in [6.07, 6.45) is 2.17. The Balaban J connectivity index is 2.09. The molecule has 0 aromatic carbocycles. The average Bonchev–Trinajstić information content (AvgIpc) is 2.17. The summed E-state index contributed by atoms with van der Waals surface area (Å²) in [4.78, 5) is 11.6. The van der Waals surface area contributed by atoms with Crippen LogP contribution in [-0.2, 0) is 14.3 Å². The number of hydrogen-bond acceptors (Lipinski definition) is 4. The molecule has 1 saturated carbocycles. The van der Waals surface area contributed by atoms with Crippen LogP contribution >= 0.6 is 0 Å². The fraction of sp³-hybridized carbons (Fsp3) is 0.917. The van der Waals surface area contributed by atoms with Crippen molar-refractivity contribution < 1.29 is 19.4 Å². The number of ether oxygens (including phenoxy) is 2. The SMILES string of the molecule is CC(O)O[C@@H]1OC(=O)CC2CCC1CC2C. The molecule has 1 N–H and O–H groups in total. The summed E-state index contributed by atoms with van der Waals surface area (Å²) in [5.74, 6) is 1.07. The second kappa shape index (κ2) is 4.72. The molecule has 3 aliphatic rings. The molecule has 3 fully saturated rings. The molecule has 4 unspecified atom stereocenters. The summed E-state index contributed by atoms with van der Waals surface area (Å²) in [6, 6.07) is 0. The third-order valence-electron chi connectivity index (χ3n) is 3.78. The number of carbonyl (C=O) groups is 1. The maximum absolute atomic E-state index is 11.6. The highest BCUT2D eigenvalue weighted by Crippen LogP contribution is 2.40. The summed E-state index contributed by atoms with van der Waals surface area (Å²) < 4.78 is 10.5. The van der Waals surface area contributed by atoms with E-state index in [1.807, 2.05) is 0 Å². The summed E-state index contributed by atoms with van der Waals surface area (Å²) in [6.45, 7) is 3.73. The van der Waals surface area contributed by atoms with Crippen LogP contribution in [-0.4, -0.2) is 23.7 Å². The Hall–Kier alpha value is -0.610. The predicted molar refractivity (Wildman–Crippen MR) is 57.3 cm³/mol. The van der Waals surface area contributed by atoms with Crippen LogP contribution in [0.25, 0.3) is 0 Å². The molecular weight excluding hydrogens is 208 g/mol. The van der Waals surface area contributed by atoms with Crippen LogP contribution in [0.4, 0.5) is 0 Å². The van der Waals surface area contributed by atoms with Crippen LogP contribution in [0.2, 0.25) is 0 Å². The molecule has 4 heteroatoms. The van der Waals surface area contributed by atoms with E-state index in [9.17, 15) is 9.90 Å². The molecule has 0 aromatic heterocycles. The van der Waals surface area contributed by atoms with Gasteiger partial charge < -0.3 is 14.6 Å². The zero-order valence-corrected chi connectivity index (χ0v) is 9.89. The standard InChI is InChI=1S/C12H20O4/c1-7-5-10-4-3-9(7)6-11(14)16-12(10)15-8(2)13/h7-10,12-13H,3-6H2,1-2H3/t7?,8?,9?,10?,12-/m1/s1. The highest BCUT2D eigenvalue weighted by Gasteiger charge is 2.39. The molecule has 2 bridgehead atoms. The molecular formula is C12H20O4. The zero-order chi connectivity index (χ0) is 11.7. The largest absolute Gasteiger partial charge is 0.435 e. The lowest BCUT2D eigenvalue weighted by molar-refractivity contribution is -0.248. The Morgan fingerprint density at radius 2 is 2.12 bits per heavy atom. The molecule has 0 aromatic rings. The van der Waals surface area contributed by atoms with Gasteiger partial charge >= 0.3 is 5.97 Å². The van der Waals surface area contributed by atoms with Crippen molar-refractivity contribution in [2.75, 3.05) is 0 Å². The van der Waals surface area contributed by atoms with Crippen LogP contribution in [0.1, 0.15) is 39.5 Å². The third-order valence-corrected chi connectivity index (χ3v) is 3.78. The van der Waals surface area contributed by atoms with E-state index in [4.69, 9.17) is 9.47 Å². The highest BCUT2D eigenvalue weighted by atomic mass is 16.7. The molecule has 2 saturated heterocycles. The number of aliphatic hydroxyl groups excluding tert-OH is 1. The Morgan fingerprint density at radius 1 is 1.44 bits per heavy atom. The number of fused-ring (bicyclic) bond motifs is 5. The summed E-state index contributed by atoms with van der Waals surface area (Å²) in [7, 11) is 0. The van der Waals surface area contributed by atoms with Crippen LogP contribution in [0, 0.1) is 17.8 Å². The highest BCUT2D eigenvalue weighted by molar-refractivity contribution is 5.70. The summed E-state index contributed by atoms with van der Waals surface area (Å²) in [5.41, 5.74) is 0. The van der Waals surface area contributed by atoms with E-state index < -0.39 is 12.6 Å². The van der Waals surface area contributed by atoms with Crippen molar-refractivity contribution in [2.45, 2.75) is 52.1 Å². The first-order chi connectivity index (χ1) is 7.56. The van der Waals surface area contributed by atoms with Gasteiger partial charge in [0.25, 0.3) is 0 Å². The van der Waals surface area contributed by atoms with Crippen LogP contribution < -0.4 is 0 Å².